The van der Waals surface area contributed by atoms with Gasteiger partial charge in [-0.1, -0.05) is 0 Å². The summed E-state index contributed by atoms with van der Waals surface area (Å²) in [5, 5.41) is 28.6. The molecule has 0 amide bonds. The first-order valence-electron chi connectivity index (χ1n) is 5.24. The quantitative estimate of drug-likeness (QED) is 0.585. The van der Waals surface area contributed by atoms with E-state index in [0.29, 0.717) is 0 Å². The van der Waals surface area contributed by atoms with E-state index in [-0.39, 0.29) is 12.7 Å². The van der Waals surface area contributed by atoms with Crippen LogP contribution in [0, 0.1) is 0 Å². The highest BCUT2D eigenvalue weighted by Gasteiger charge is 2.41. The summed E-state index contributed by atoms with van der Waals surface area (Å²) in [6.45, 7) is 5.63. The Hall–Kier alpha value is -0.200. The van der Waals surface area contributed by atoms with Crippen molar-refractivity contribution in [2.24, 2.45) is 0 Å². The Bertz CT molecular complexity index is 196. The molecule has 5 atom stereocenters. The van der Waals surface area contributed by atoms with Crippen molar-refractivity contribution in [1.29, 1.82) is 0 Å². The maximum atomic E-state index is 9.62. The summed E-state index contributed by atoms with van der Waals surface area (Å²) >= 11 is 0. The van der Waals surface area contributed by atoms with Crippen LogP contribution < -0.4 is 0 Å². The SMILES string of the molecule is CC(C)OCC1OC(C)[C@H](O)C(O)[C@@H]1O. The molecular weight excluding hydrogens is 200 g/mol. The van der Waals surface area contributed by atoms with Gasteiger partial charge in [0.25, 0.3) is 0 Å². The molecule has 0 radical (unpaired) electrons. The van der Waals surface area contributed by atoms with Crippen molar-refractivity contribution in [3.05, 3.63) is 0 Å². The number of hydrogen-bond acceptors (Lipinski definition) is 5. The van der Waals surface area contributed by atoms with E-state index in [9.17, 15) is 15.3 Å². The number of rotatable bonds is 3. The van der Waals surface area contributed by atoms with Crippen LogP contribution in [0.2, 0.25) is 0 Å². The van der Waals surface area contributed by atoms with Crippen LogP contribution in [0.25, 0.3) is 0 Å². The van der Waals surface area contributed by atoms with E-state index in [4.69, 9.17) is 9.47 Å². The maximum Gasteiger partial charge on any atom is 0.111 e. The van der Waals surface area contributed by atoms with Crippen molar-refractivity contribution in [3.8, 4) is 0 Å². The van der Waals surface area contributed by atoms with Crippen molar-refractivity contribution in [3.63, 3.8) is 0 Å². The molecule has 0 spiro atoms. The van der Waals surface area contributed by atoms with Gasteiger partial charge in [-0.3, -0.25) is 0 Å². The van der Waals surface area contributed by atoms with Gasteiger partial charge in [0.05, 0.1) is 18.8 Å². The molecule has 1 fully saturated rings. The van der Waals surface area contributed by atoms with Gasteiger partial charge in [-0.15, -0.1) is 0 Å². The Labute approximate surface area is 89.6 Å². The van der Waals surface area contributed by atoms with Crippen LogP contribution in [0.5, 0.6) is 0 Å². The van der Waals surface area contributed by atoms with E-state index in [1.165, 1.54) is 0 Å². The monoisotopic (exact) mass is 220 g/mol. The summed E-state index contributed by atoms with van der Waals surface area (Å²) in [6.07, 6.45) is -4.36. The topological polar surface area (TPSA) is 79.2 Å². The summed E-state index contributed by atoms with van der Waals surface area (Å²) in [6, 6.07) is 0. The highest BCUT2D eigenvalue weighted by atomic mass is 16.6. The molecule has 0 saturated carbocycles. The van der Waals surface area contributed by atoms with Crippen LogP contribution >= 0.6 is 0 Å². The average Bonchev–Trinajstić information content (AvgIpc) is 2.18. The Morgan fingerprint density at radius 3 is 2.27 bits per heavy atom. The second-order valence-corrected chi connectivity index (χ2v) is 4.23. The second kappa shape index (κ2) is 5.23. The van der Waals surface area contributed by atoms with Gasteiger partial charge in [0.15, 0.2) is 0 Å². The zero-order chi connectivity index (χ0) is 11.6. The lowest BCUT2D eigenvalue weighted by Gasteiger charge is -2.39. The minimum absolute atomic E-state index is 0.0418. The fourth-order valence-corrected chi connectivity index (χ4v) is 1.56. The predicted octanol–water partition coefficient (Wildman–Crippen LogP) is -0.719. The molecule has 1 aliphatic rings. The first-order valence-corrected chi connectivity index (χ1v) is 5.24. The molecule has 5 nitrogen and oxygen atoms in total. The molecule has 3 N–H and O–H groups in total. The second-order valence-electron chi connectivity index (χ2n) is 4.23. The molecule has 15 heavy (non-hydrogen) atoms. The molecular formula is C10H20O5. The fourth-order valence-electron chi connectivity index (χ4n) is 1.56. The molecule has 1 heterocycles. The van der Waals surface area contributed by atoms with Crippen LogP contribution in [0.15, 0.2) is 0 Å². The van der Waals surface area contributed by atoms with E-state index in [0.717, 1.165) is 0 Å². The van der Waals surface area contributed by atoms with Gasteiger partial charge < -0.3 is 24.8 Å². The largest absolute Gasteiger partial charge is 0.388 e. The molecule has 1 saturated heterocycles. The molecule has 1 aliphatic heterocycles. The third kappa shape index (κ3) is 3.12. The summed E-state index contributed by atoms with van der Waals surface area (Å²) < 4.78 is 10.7. The Morgan fingerprint density at radius 2 is 1.73 bits per heavy atom. The van der Waals surface area contributed by atoms with Crippen molar-refractivity contribution in [1.82, 2.24) is 0 Å². The van der Waals surface area contributed by atoms with Crippen LogP contribution in [0.4, 0.5) is 0 Å². The maximum absolute atomic E-state index is 9.62. The summed E-state index contributed by atoms with van der Waals surface area (Å²) in [7, 11) is 0. The standard InChI is InChI=1S/C10H20O5/c1-5(2)14-4-7-9(12)10(13)8(11)6(3)15-7/h5-13H,4H2,1-3H3/t6?,7?,8-,9+,10?/m0/s1. The molecule has 90 valence electrons. The molecule has 5 heteroatoms. The van der Waals surface area contributed by atoms with Crippen LogP contribution in [0.1, 0.15) is 20.8 Å². The van der Waals surface area contributed by atoms with Crippen LogP contribution in [-0.4, -0.2) is 58.6 Å². The average molecular weight is 220 g/mol. The minimum Gasteiger partial charge on any atom is -0.388 e. The number of aliphatic hydroxyl groups is 3. The number of aliphatic hydroxyl groups excluding tert-OH is 3. The normalized spacial score (nSPS) is 42.2. The highest BCUT2D eigenvalue weighted by Crippen LogP contribution is 2.21. The van der Waals surface area contributed by atoms with Gasteiger partial charge in [-0.25, -0.2) is 0 Å². The summed E-state index contributed by atoms with van der Waals surface area (Å²) in [5.74, 6) is 0. The predicted molar refractivity (Wildman–Crippen MR) is 53.4 cm³/mol. The lowest BCUT2D eigenvalue weighted by Crippen LogP contribution is -2.57. The smallest absolute Gasteiger partial charge is 0.111 e. The van der Waals surface area contributed by atoms with Gasteiger partial charge in [0, 0.05) is 0 Å². The molecule has 0 aromatic heterocycles. The van der Waals surface area contributed by atoms with E-state index in [2.05, 4.69) is 0 Å². The third-order valence-corrected chi connectivity index (χ3v) is 2.54. The zero-order valence-corrected chi connectivity index (χ0v) is 9.33. The minimum atomic E-state index is -1.17. The molecule has 0 aromatic carbocycles. The number of hydrogen-bond donors (Lipinski definition) is 3. The van der Waals surface area contributed by atoms with E-state index in [1.54, 1.807) is 6.92 Å². The van der Waals surface area contributed by atoms with Gasteiger partial charge in [-0.05, 0) is 20.8 Å². The molecule has 0 bridgehead atoms. The summed E-state index contributed by atoms with van der Waals surface area (Å²) in [4.78, 5) is 0. The van der Waals surface area contributed by atoms with Gasteiger partial charge in [0.2, 0.25) is 0 Å². The van der Waals surface area contributed by atoms with E-state index in [1.807, 2.05) is 13.8 Å². The highest BCUT2D eigenvalue weighted by molar-refractivity contribution is 4.90. The Kier molecular flexibility index (Phi) is 4.48. The van der Waals surface area contributed by atoms with E-state index >= 15 is 0 Å². The van der Waals surface area contributed by atoms with Gasteiger partial charge in [-0.2, -0.15) is 0 Å². The van der Waals surface area contributed by atoms with Crippen molar-refractivity contribution >= 4 is 0 Å². The molecule has 0 aromatic rings. The first kappa shape index (κ1) is 12.9. The zero-order valence-electron chi connectivity index (χ0n) is 9.33. The molecule has 0 aliphatic carbocycles. The Balaban J connectivity index is 2.51. The van der Waals surface area contributed by atoms with Crippen LogP contribution in [-0.2, 0) is 9.47 Å². The summed E-state index contributed by atoms with van der Waals surface area (Å²) in [5.41, 5.74) is 0. The third-order valence-electron chi connectivity index (χ3n) is 2.54. The van der Waals surface area contributed by atoms with Gasteiger partial charge >= 0.3 is 0 Å². The molecule has 1 rings (SSSR count). The molecule has 3 unspecified atom stereocenters. The Morgan fingerprint density at radius 1 is 1.13 bits per heavy atom. The number of ether oxygens (including phenoxy) is 2. The van der Waals surface area contributed by atoms with Crippen molar-refractivity contribution in [2.75, 3.05) is 6.61 Å². The lowest BCUT2D eigenvalue weighted by atomic mass is 9.96. The van der Waals surface area contributed by atoms with Crippen LogP contribution in [0.3, 0.4) is 0 Å². The van der Waals surface area contributed by atoms with Crippen molar-refractivity contribution in [2.45, 2.75) is 57.4 Å². The lowest BCUT2D eigenvalue weighted by molar-refractivity contribution is -0.229. The van der Waals surface area contributed by atoms with Crippen molar-refractivity contribution < 1.29 is 24.8 Å². The fraction of sp³-hybridized carbons (Fsp3) is 1.00. The first-order chi connectivity index (χ1) is 6.93. The van der Waals surface area contributed by atoms with E-state index < -0.39 is 30.5 Å². The van der Waals surface area contributed by atoms with Gasteiger partial charge in [0.1, 0.15) is 24.4 Å².